The highest BCUT2D eigenvalue weighted by Gasteiger charge is 2.11. The largest absolute Gasteiger partial charge is 0.493 e. The van der Waals surface area contributed by atoms with E-state index < -0.39 is 0 Å². The molecule has 1 heterocycles. The summed E-state index contributed by atoms with van der Waals surface area (Å²) in [6, 6.07) is 0. The van der Waals surface area contributed by atoms with Crippen LogP contribution in [-0.4, -0.2) is 6.61 Å². The molecule has 0 fully saturated rings. The lowest BCUT2D eigenvalue weighted by Gasteiger charge is -2.20. The highest BCUT2D eigenvalue weighted by atomic mass is 16.5. The van der Waals surface area contributed by atoms with Crippen LogP contribution in [0, 0.1) is 0 Å². The third-order valence-electron chi connectivity index (χ3n) is 2.48. The lowest BCUT2D eigenvalue weighted by Crippen LogP contribution is -2.06. The van der Waals surface area contributed by atoms with E-state index in [1.54, 1.807) is 0 Å². The van der Waals surface area contributed by atoms with Crippen molar-refractivity contribution in [3.05, 3.63) is 23.0 Å². The Hall–Kier alpha value is -0.720. The van der Waals surface area contributed by atoms with Gasteiger partial charge in [0, 0.05) is 6.42 Å². The molecule has 0 saturated carbocycles. The fourth-order valence-corrected chi connectivity index (χ4v) is 1.60. The summed E-state index contributed by atoms with van der Waals surface area (Å²) in [5.74, 6) is 1.22. The topological polar surface area (TPSA) is 9.23 Å². The Morgan fingerprint density at radius 1 is 1.23 bits per heavy atom. The zero-order chi connectivity index (χ0) is 9.68. The minimum absolute atomic E-state index is 0.815. The smallest absolute Gasteiger partial charge is 0.109 e. The van der Waals surface area contributed by atoms with Gasteiger partial charge in [0.1, 0.15) is 6.61 Å². The fourth-order valence-electron chi connectivity index (χ4n) is 1.60. The molecule has 0 radical (unpaired) electrons. The third-order valence-corrected chi connectivity index (χ3v) is 2.48. The molecule has 0 bridgehead atoms. The van der Waals surface area contributed by atoms with Crippen LogP contribution in [0.2, 0.25) is 0 Å². The summed E-state index contributed by atoms with van der Waals surface area (Å²) in [6.07, 6.45) is 6.81. The molecule has 1 rings (SSSR count). The van der Waals surface area contributed by atoms with Crippen LogP contribution in [0.15, 0.2) is 23.0 Å². The molecular weight excluding hydrogens is 160 g/mol. The van der Waals surface area contributed by atoms with Gasteiger partial charge in [-0.15, -0.1) is 0 Å². The Kier molecular flexibility index (Phi) is 4.07. The van der Waals surface area contributed by atoms with E-state index in [9.17, 15) is 0 Å². The molecule has 0 saturated heterocycles. The van der Waals surface area contributed by atoms with E-state index in [1.165, 1.54) is 23.3 Å². The summed E-state index contributed by atoms with van der Waals surface area (Å²) in [5, 5.41) is 0. The van der Waals surface area contributed by atoms with Crippen molar-refractivity contribution in [1.29, 1.82) is 0 Å². The zero-order valence-electron chi connectivity index (χ0n) is 9.02. The molecule has 74 valence electrons. The minimum Gasteiger partial charge on any atom is -0.493 e. The van der Waals surface area contributed by atoms with E-state index in [0.29, 0.717) is 0 Å². The van der Waals surface area contributed by atoms with Gasteiger partial charge in [-0.1, -0.05) is 26.8 Å². The number of hydrogen-bond acceptors (Lipinski definition) is 1. The SMILES string of the molecule is CCCC1=C(CC)C=C(CC)CO1. The number of ether oxygens (including phenoxy) is 1. The van der Waals surface area contributed by atoms with Crippen LogP contribution in [0.1, 0.15) is 46.5 Å². The van der Waals surface area contributed by atoms with Crippen LogP contribution < -0.4 is 0 Å². The fraction of sp³-hybridized carbons (Fsp3) is 0.667. The molecule has 0 aromatic heterocycles. The molecule has 1 aliphatic heterocycles. The average Bonchev–Trinajstić information content (AvgIpc) is 2.19. The number of hydrogen-bond donors (Lipinski definition) is 0. The van der Waals surface area contributed by atoms with Crippen LogP contribution >= 0.6 is 0 Å². The first kappa shape index (κ1) is 10.4. The van der Waals surface area contributed by atoms with Crippen molar-refractivity contribution in [3.63, 3.8) is 0 Å². The zero-order valence-corrected chi connectivity index (χ0v) is 9.02. The Balaban J connectivity index is 2.77. The standard InChI is InChI=1S/C12H20O/c1-4-7-12-11(6-3)8-10(5-2)9-13-12/h8H,4-7,9H2,1-3H3. The van der Waals surface area contributed by atoms with Crippen molar-refractivity contribution in [2.75, 3.05) is 6.61 Å². The summed E-state index contributed by atoms with van der Waals surface area (Å²) in [7, 11) is 0. The minimum atomic E-state index is 0.815. The van der Waals surface area contributed by atoms with Crippen molar-refractivity contribution in [1.82, 2.24) is 0 Å². The van der Waals surface area contributed by atoms with Crippen LogP contribution in [-0.2, 0) is 4.74 Å². The number of allylic oxidation sites excluding steroid dienone is 3. The lowest BCUT2D eigenvalue weighted by molar-refractivity contribution is 0.215. The van der Waals surface area contributed by atoms with Gasteiger partial charge in [-0.3, -0.25) is 0 Å². The maximum absolute atomic E-state index is 5.74. The van der Waals surface area contributed by atoms with Crippen LogP contribution in [0.3, 0.4) is 0 Å². The second-order valence-corrected chi connectivity index (χ2v) is 3.50. The maximum atomic E-state index is 5.74. The van der Waals surface area contributed by atoms with Gasteiger partial charge < -0.3 is 4.74 Å². The summed E-state index contributed by atoms with van der Waals surface area (Å²) < 4.78 is 5.74. The van der Waals surface area contributed by atoms with Crippen molar-refractivity contribution < 1.29 is 4.74 Å². The molecule has 0 atom stereocenters. The molecule has 0 amide bonds. The average molecular weight is 180 g/mol. The molecule has 0 aliphatic carbocycles. The summed E-state index contributed by atoms with van der Waals surface area (Å²) in [4.78, 5) is 0. The molecule has 0 spiro atoms. The third kappa shape index (κ3) is 2.61. The Morgan fingerprint density at radius 2 is 2.00 bits per heavy atom. The normalized spacial score (nSPS) is 17.0. The van der Waals surface area contributed by atoms with Gasteiger partial charge in [0.15, 0.2) is 0 Å². The molecule has 0 N–H and O–H groups in total. The van der Waals surface area contributed by atoms with Crippen molar-refractivity contribution in [2.45, 2.75) is 46.5 Å². The molecule has 0 aromatic rings. The molecule has 0 unspecified atom stereocenters. The van der Waals surface area contributed by atoms with Gasteiger partial charge in [-0.2, -0.15) is 0 Å². The van der Waals surface area contributed by atoms with Gasteiger partial charge in [0.05, 0.1) is 5.76 Å². The Bertz CT molecular complexity index is 223. The highest BCUT2D eigenvalue weighted by Crippen LogP contribution is 2.24. The van der Waals surface area contributed by atoms with E-state index in [2.05, 4.69) is 26.8 Å². The second kappa shape index (κ2) is 5.11. The monoisotopic (exact) mass is 180 g/mol. The van der Waals surface area contributed by atoms with E-state index in [-0.39, 0.29) is 0 Å². The van der Waals surface area contributed by atoms with E-state index in [1.807, 2.05) is 0 Å². The van der Waals surface area contributed by atoms with Crippen LogP contribution in [0.5, 0.6) is 0 Å². The van der Waals surface area contributed by atoms with Crippen molar-refractivity contribution in [3.8, 4) is 0 Å². The van der Waals surface area contributed by atoms with Gasteiger partial charge in [0.2, 0.25) is 0 Å². The molecule has 0 aromatic carbocycles. The first-order chi connectivity index (χ1) is 6.31. The molecule has 1 heteroatoms. The Morgan fingerprint density at radius 3 is 2.54 bits per heavy atom. The maximum Gasteiger partial charge on any atom is 0.109 e. The van der Waals surface area contributed by atoms with Crippen molar-refractivity contribution in [2.24, 2.45) is 0 Å². The molecule has 1 aliphatic rings. The predicted molar refractivity (Wildman–Crippen MR) is 56.6 cm³/mol. The first-order valence-electron chi connectivity index (χ1n) is 5.36. The van der Waals surface area contributed by atoms with Gasteiger partial charge in [-0.25, -0.2) is 0 Å². The predicted octanol–water partition coefficient (Wildman–Crippen LogP) is 3.82. The van der Waals surface area contributed by atoms with Crippen LogP contribution in [0.25, 0.3) is 0 Å². The quantitative estimate of drug-likeness (QED) is 0.639. The summed E-state index contributed by atoms with van der Waals surface area (Å²) in [6.45, 7) is 7.40. The van der Waals surface area contributed by atoms with Gasteiger partial charge >= 0.3 is 0 Å². The first-order valence-corrected chi connectivity index (χ1v) is 5.36. The molecular formula is C12H20O. The van der Waals surface area contributed by atoms with E-state index >= 15 is 0 Å². The van der Waals surface area contributed by atoms with Gasteiger partial charge in [-0.05, 0) is 30.4 Å². The second-order valence-electron chi connectivity index (χ2n) is 3.50. The van der Waals surface area contributed by atoms with E-state index in [4.69, 9.17) is 4.74 Å². The summed E-state index contributed by atoms with van der Waals surface area (Å²) >= 11 is 0. The Labute approximate surface area is 81.5 Å². The highest BCUT2D eigenvalue weighted by molar-refractivity contribution is 5.29. The molecule has 1 nitrogen and oxygen atoms in total. The lowest BCUT2D eigenvalue weighted by atomic mass is 10.0. The summed E-state index contributed by atoms with van der Waals surface area (Å²) in [5.41, 5.74) is 2.83. The number of rotatable bonds is 4. The van der Waals surface area contributed by atoms with E-state index in [0.717, 1.165) is 25.9 Å². The van der Waals surface area contributed by atoms with Crippen LogP contribution in [0.4, 0.5) is 0 Å². The molecule has 13 heavy (non-hydrogen) atoms. The van der Waals surface area contributed by atoms with Crippen molar-refractivity contribution >= 4 is 0 Å². The van der Waals surface area contributed by atoms with Gasteiger partial charge in [0.25, 0.3) is 0 Å².